The van der Waals surface area contributed by atoms with Crippen molar-refractivity contribution < 1.29 is 8.42 Å². The Bertz CT molecular complexity index is 542. The Morgan fingerprint density at radius 2 is 2.22 bits per heavy atom. The average Bonchev–Trinajstić information content (AvgIpc) is 2.84. The van der Waals surface area contributed by atoms with Gasteiger partial charge in [0.05, 0.1) is 4.90 Å². The van der Waals surface area contributed by atoms with Crippen LogP contribution in [0.3, 0.4) is 0 Å². The number of nitrogen functional groups attached to an aromatic ring is 1. The number of hydrogen-bond donors (Lipinski definition) is 1. The average molecular weight is 351 g/mol. The number of rotatable bonds is 3. The number of sulfonamides is 1. The SMILES string of the molecule is CN(C1CCSC1)S(=O)(=O)c1cc(N)ccc1Br. The minimum Gasteiger partial charge on any atom is -0.399 e. The molecule has 0 aliphatic carbocycles. The summed E-state index contributed by atoms with van der Waals surface area (Å²) in [7, 11) is -1.84. The molecule has 0 radical (unpaired) electrons. The summed E-state index contributed by atoms with van der Waals surface area (Å²) in [5.74, 6) is 1.87. The molecule has 0 amide bonds. The van der Waals surface area contributed by atoms with Gasteiger partial charge in [-0.05, 0) is 46.3 Å². The van der Waals surface area contributed by atoms with E-state index >= 15 is 0 Å². The second-order valence-corrected chi connectivity index (χ2v) is 8.20. The number of anilines is 1. The van der Waals surface area contributed by atoms with Gasteiger partial charge in [0.2, 0.25) is 10.0 Å². The molecule has 1 unspecified atom stereocenters. The highest BCUT2D eigenvalue weighted by molar-refractivity contribution is 9.10. The summed E-state index contributed by atoms with van der Waals surface area (Å²) in [4.78, 5) is 0.238. The van der Waals surface area contributed by atoms with Crippen molar-refractivity contribution in [1.82, 2.24) is 4.31 Å². The lowest BCUT2D eigenvalue weighted by Crippen LogP contribution is -2.37. The first-order valence-electron chi connectivity index (χ1n) is 5.53. The van der Waals surface area contributed by atoms with Gasteiger partial charge in [0.1, 0.15) is 0 Å². The Morgan fingerprint density at radius 3 is 2.83 bits per heavy atom. The third-order valence-electron chi connectivity index (χ3n) is 3.03. The van der Waals surface area contributed by atoms with Crippen LogP contribution in [-0.2, 0) is 10.0 Å². The van der Waals surface area contributed by atoms with Crippen molar-refractivity contribution in [1.29, 1.82) is 0 Å². The van der Waals surface area contributed by atoms with E-state index < -0.39 is 10.0 Å². The lowest BCUT2D eigenvalue weighted by atomic mass is 10.3. The smallest absolute Gasteiger partial charge is 0.244 e. The fourth-order valence-corrected chi connectivity index (χ4v) is 5.58. The van der Waals surface area contributed by atoms with Crippen LogP contribution in [-0.4, -0.2) is 37.3 Å². The maximum Gasteiger partial charge on any atom is 0.244 e. The van der Waals surface area contributed by atoms with Gasteiger partial charge >= 0.3 is 0 Å². The van der Waals surface area contributed by atoms with E-state index in [1.807, 2.05) is 0 Å². The summed E-state index contributed by atoms with van der Waals surface area (Å²) >= 11 is 5.06. The number of benzene rings is 1. The molecule has 2 rings (SSSR count). The molecule has 1 atom stereocenters. The summed E-state index contributed by atoms with van der Waals surface area (Å²) in [5, 5.41) is 0. The molecule has 4 nitrogen and oxygen atoms in total. The number of halogens is 1. The zero-order valence-corrected chi connectivity index (χ0v) is 13.2. The Labute approximate surface area is 120 Å². The number of nitrogens with zero attached hydrogens (tertiary/aromatic N) is 1. The summed E-state index contributed by atoms with van der Waals surface area (Å²) in [5.41, 5.74) is 6.12. The summed E-state index contributed by atoms with van der Waals surface area (Å²) in [6.45, 7) is 0. The fraction of sp³-hybridized carbons (Fsp3) is 0.455. The molecule has 1 fully saturated rings. The maximum absolute atomic E-state index is 12.5. The normalized spacial score (nSPS) is 20.5. The molecule has 0 spiro atoms. The molecule has 0 aromatic heterocycles. The van der Waals surface area contributed by atoms with Crippen LogP contribution in [0.15, 0.2) is 27.6 Å². The fourth-order valence-electron chi connectivity index (χ4n) is 1.88. The summed E-state index contributed by atoms with van der Waals surface area (Å²) in [6, 6.07) is 4.92. The monoisotopic (exact) mass is 350 g/mol. The highest BCUT2D eigenvalue weighted by Crippen LogP contribution is 2.30. The number of hydrogen-bond acceptors (Lipinski definition) is 4. The van der Waals surface area contributed by atoms with E-state index in [-0.39, 0.29) is 10.9 Å². The first-order valence-corrected chi connectivity index (χ1v) is 8.92. The number of nitrogens with two attached hydrogens (primary N) is 1. The largest absolute Gasteiger partial charge is 0.399 e. The summed E-state index contributed by atoms with van der Waals surface area (Å²) < 4.78 is 27.1. The van der Waals surface area contributed by atoms with Crippen molar-refractivity contribution in [3.05, 3.63) is 22.7 Å². The molecule has 1 aliphatic heterocycles. The second kappa shape index (κ2) is 5.40. The van der Waals surface area contributed by atoms with Crippen molar-refractivity contribution in [2.24, 2.45) is 0 Å². The minimum absolute atomic E-state index is 0.0772. The molecule has 7 heteroatoms. The lowest BCUT2D eigenvalue weighted by molar-refractivity contribution is 0.394. The zero-order chi connectivity index (χ0) is 13.3. The van der Waals surface area contributed by atoms with Gasteiger partial charge in [0.15, 0.2) is 0 Å². The molecule has 1 saturated heterocycles. The Balaban J connectivity index is 2.37. The zero-order valence-electron chi connectivity index (χ0n) is 9.97. The van der Waals surface area contributed by atoms with Crippen LogP contribution in [0.25, 0.3) is 0 Å². The van der Waals surface area contributed by atoms with Gasteiger partial charge in [0.25, 0.3) is 0 Å². The third kappa shape index (κ3) is 2.68. The van der Waals surface area contributed by atoms with Crippen LogP contribution in [0.5, 0.6) is 0 Å². The van der Waals surface area contributed by atoms with Crippen molar-refractivity contribution in [2.75, 3.05) is 24.3 Å². The van der Waals surface area contributed by atoms with E-state index in [0.29, 0.717) is 10.2 Å². The van der Waals surface area contributed by atoms with Crippen molar-refractivity contribution in [2.45, 2.75) is 17.4 Å². The molecule has 1 aromatic carbocycles. The molecule has 100 valence electrons. The minimum atomic E-state index is -3.48. The van der Waals surface area contributed by atoms with Gasteiger partial charge in [0, 0.05) is 29.0 Å². The van der Waals surface area contributed by atoms with Gasteiger partial charge in [-0.2, -0.15) is 16.1 Å². The highest BCUT2D eigenvalue weighted by atomic mass is 79.9. The first kappa shape index (κ1) is 14.2. The van der Waals surface area contributed by atoms with E-state index in [9.17, 15) is 8.42 Å². The van der Waals surface area contributed by atoms with Crippen LogP contribution < -0.4 is 5.73 Å². The molecular formula is C11H15BrN2O2S2. The van der Waals surface area contributed by atoms with Crippen LogP contribution in [0.2, 0.25) is 0 Å². The van der Waals surface area contributed by atoms with E-state index in [1.54, 1.807) is 30.9 Å². The molecule has 1 heterocycles. The third-order valence-corrected chi connectivity index (χ3v) is 7.08. The Morgan fingerprint density at radius 1 is 1.50 bits per heavy atom. The van der Waals surface area contributed by atoms with Gasteiger partial charge in [-0.25, -0.2) is 8.42 Å². The maximum atomic E-state index is 12.5. The quantitative estimate of drug-likeness (QED) is 0.848. The standard InChI is InChI=1S/C11H15BrN2O2S2/c1-14(9-4-5-17-7-9)18(15,16)11-6-8(13)2-3-10(11)12/h2-3,6,9H,4-5,7,13H2,1H3. The molecular weight excluding hydrogens is 336 g/mol. The molecule has 2 N–H and O–H groups in total. The second-order valence-electron chi connectivity index (χ2n) is 4.23. The van der Waals surface area contributed by atoms with Crippen LogP contribution in [0, 0.1) is 0 Å². The topological polar surface area (TPSA) is 63.4 Å². The molecule has 0 bridgehead atoms. The van der Waals surface area contributed by atoms with Crippen molar-refractivity contribution >= 4 is 43.4 Å². The van der Waals surface area contributed by atoms with E-state index in [2.05, 4.69) is 15.9 Å². The van der Waals surface area contributed by atoms with Gasteiger partial charge < -0.3 is 5.73 Å². The molecule has 18 heavy (non-hydrogen) atoms. The Hall–Kier alpha value is -0.240. The van der Waals surface area contributed by atoms with Crippen LogP contribution >= 0.6 is 27.7 Å². The number of thioether (sulfide) groups is 1. The Kier molecular flexibility index (Phi) is 4.25. The summed E-state index contributed by atoms with van der Waals surface area (Å²) in [6.07, 6.45) is 0.903. The molecule has 1 aliphatic rings. The van der Waals surface area contributed by atoms with Crippen LogP contribution in [0.1, 0.15) is 6.42 Å². The predicted molar refractivity (Wildman–Crippen MR) is 79.2 cm³/mol. The van der Waals surface area contributed by atoms with Gasteiger partial charge in [-0.3, -0.25) is 0 Å². The van der Waals surface area contributed by atoms with Gasteiger partial charge in [-0.1, -0.05) is 0 Å². The molecule has 0 saturated carbocycles. The highest BCUT2D eigenvalue weighted by Gasteiger charge is 2.31. The van der Waals surface area contributed by atoms with Crippen molar-refractivity contribution in [3.8, 4) is 0 Å². The lowest BCUT2D eigenvalue weighted by Gasteiger charge is -2.23. The van der Waals surface area contributed by atoms with Crippen molar-refractivity contribution in [3.63, 3.8) is 0 Å². The molecule has 1 aromatic rings. The van der Waals surface area contributed by atoms with E-state index in [1.165, 1.54) is 10.4 Å². The van der Waals surface area contributed by atoms with E-state index in [4.69, 9.17) is 5.73 Å². The first-order chi connectivity index (χ1) is 8.43. The van der Waals surface area contributed by atoms with Crippen LogP contribution in [0.4, 0.5) is 5.69 Å². The van der Waals surface area contributed by atoms with E-state index in [0.717, 1.165) is 17.9 Å². The van der Waals surface area contributed by atoms with Gasteiger partial charge in [-0.15, -0.1) is 0 Å². The predicted octanol–water partition coefficient (Wildman–Crippen LogP) is 2.16.